The number of hydrogen-bond donors (Lipinski definition) is 0. The molecule has 0 bridgehead atoms. The van der Waals surface area contributed by atoms with Gasteiger partial charge in [0, 0.05) is 10.4 Å². The van der Waals surface area contributed by atoms with E-state index in [0.717, 1.165) is 21.6 Å². The van der Waals surface area contributed by atoms with Crippen molar-refractivity contribution in [1.29, 1.82) is 0 Å². The Kier molecular flexibility index (Phi) is 5.50. The van der Waals surface area contributed by atoms with Crippen LogP contribution in [0.15, 0.2) is 53.3 Å². The van der Waals surface area contributed by atoms with E-state index in [4.69, 9.17) is 9.72 Å². The maximum absolute atomic E-state index is 13.9. The highest BCUT2D eigenvalue weighted by molar-refractivity contribution is 7.19. The molecule has 0 spiro atoms. The summed E-state index contributed by atoms with van der Waals surface area (Å²) in [5.74, 6) is -0.0260. The Balaban J connectivity index is 2.05. The molecule has 4 aromatic rings. The normalized spacial score (nSPS) is 12.2. The van der Waals surface area contributed by atoms with E-state index in [0.29, 0.717) is 21.6 Å². The quantitative estimate of drug-likeness (QED) is 0.420. The minimum Gasteiger partial charge on any atom is -0.467 e. The molecular formula is C25H24N2O3S. The number of aryl methyl sites for hydroxylation is 4. The summed E-state index contributed by atoms with van der Waals surface area (Å²) in [7, 11) is 1.33. The molecule has 1 unspecified atom stereocenters. The molecule has 0 radical (unpaired) electrons. The molecule has 2 aromatic heterocycles. The average Bonchev–Trinajstić information content (AvgIpc) is 3.09. The Morgan fingerprint density at radius 1 is 1.03 bits per heavy atom. The summed E-state index contributed by atoms with van der Waals surface area (Å²) in [6, 6.07) is 14.5. The van der Waals surface area contributed by atoms with Gasteiger partial charge >= 0.3 is 5.97 Å². The van der Waals surface area contributed by atoms with E-state index >= 15 is 0 Å². The number of aromatic nitrogens is 2. The first-order valence-electron chi connectivity index (χ1n) is 10.1. The molecule has 0 aliphatic heterocycles. The van der Waals surface area contributed by atoms with Crippen LogP contribution in [-0.2, 0) is 9.53 Å². The Bertz CT molecular complexity index is 1350. The molecule has 2 aromatic carbocycles. The van der Waals surface area contributed by atoms with Crippen LogP contribution in [0, 0.1) is 27.7 Å². The molecule has 0 saturated carbocycles. The first-order chi connectivity index (χ1) is 14.8. The van der Waals surface area contributed by atoms with Crippen molar-refractivity contribution in [3.05, 3.63) is 86.3 Å². The zero-order chi connectivity index (χ0) is 22.3. The van der Waals surface area contributed by atoms with Crippen molar-refractivity contribution in [3.63, 3.8) is 0 Å². The fourth-order valence-electron chi connectivity index (χ4n) is 3.96. The number of thiophene rings is 1. The van der Waals surface area contributed by atoms with Crippen LogP contribution in [0.4, 0.5) is 0 Å². The number of esters is 1. The second-order valence-electron chi connectivity index (χ2n) is 7.68. The van der Waals surface area contributed by atoms with Gasteiger partial charge in [-0.3, -0.25) is 9.36 Å². The summed E-state index contributed by atoms with van der Waals surface area (Å²) >= 11 is 1.50. The van der Waals surface area contributed by atoms with Crippen LogP contribution >= 0.6 is 11.3 Å². The lowest BCUT2D eigenvalue weighted by Gasteiger charge is -2.20. The van der Waals surface area contributed by atoms with Crippen molar-refractivity contribution in [2.75, 3.05) is 7.11 Å². The smallest absolute Gasteiger partial charge is 0.333 e. The van der Waals surface area contributed by atoms with Crippen molar-refractivity contribution in [2.24, 2.45) is 0 Å². The van der Waals surface area contributed by atoms with Gasteiger partial charge in [-0.05, 0) is 49.9 Å². The van der Waals surface area contributed by atoms with Crippen LogP contribution in [0.1, 0.15) is 33.4 Å². The number of carbonyl (C=O) groups is 1. The SMILES string of the molecule is COC(=O)C(c1ccccc1)n1c(C)nc2sc(C)c(-c3ccc(C)c(C)c3)c2c1=O. The molecule has 0 fully saturated rings. The Morgan fingerprint density at radius 3 is 2.39 bits per heavy atom. The van der Waals surface area contributed by atoms with E-state index in [2.05, 4.69) is 26.0 Å². The highest BCUT2D eigenvalue weighted by Gasteiger charge is 2.29. The van der Waals surface area contributed by atoms with Crippen LogP contribution < -0.4 is 5.56 Å². The highest BCUT2D eigenvalue weighted by atomic mass is 32.1. The third-order valence-electron chi connectivity index (χ3n) is 5.70. The molecule has 158 valence electrons. The topological polar surface area (TPSA) is 61.2 Å². The van der Waals surface area contributed by atoms with Gasteiger partial charge in [-0.1, -0.05) is 48.5 Å². The Morgan fingerprint density at radius 2 is 1.74 bits per heavy atom. The molecule has 31 heavy (non-hydrogen) atoms. The second-order valence-corrected chi connectivity index (χ2v) is 8.89. The predicted octanol–water partition coefficient (Wildman–Crippen LogP) is 5.12. The van der Waals surface area contributed by atoms with Gasteiger partial charge in [0.05, 0.1) is 12.5 Å². The minimum atomic E-state index is -0.900. The van der Waals surface area contributed by atoms with Crippen molar-refractivity contribution < 1.29 is 9.53 Å². The molecule has 0 aliphatic carbocycles. The van der Waals surface area contributed by atoms with Crippen LogP contribution in [0.5, 0.6) is 0 Å². The Labute approximate surface area is 185 Å². The summed E-state index contributed by atoms with van der Waals surface area (Å²) < 4.78 is 6.53. The lowest BCUT2D eigenvalue weighted by molar-refractivity contribution is -0.143. The van der Waals surface area contributed by atoms with Gasteiger partial charge < -0.3 is 4.74 Å². The van der Waals surface area contributed by atoms with E-state index < -0.39 is 12.0 Å². The van der Waals surface area contributed by atoms with E-state index in [1.54, 1.807) is 6.92 Å². The third kappa shape index (κ3) is 3.57. The zero-order valence-electron chi connectivity index (χ0n) is 18.2. The van der Waals surface area contributed by atoms with Gasteiger partial charge in [0.2, 0.25) is 0 Å². The minimum absolute atomic E-state index is 0.237. The number of nitrogens with zero attached hydrogens (tertiary/aromatic N) is 2. The maximum Gasteiger partial charge on any atom is 0.333 e. The second kappa shape index (κ2) is 8.12. The summed E-state index contributed by atoms with van der Waals surface area (Å²) in [6.07, 6.45) is 0. The van der Waals surface area contributed by atoms with E-state index in [9.17, 15) is 9.59 Å². The molecule has 4 rings (SSSR count). The van der Waals surface area contributed by atoms with Crippen LogP contribution in [0.3, 0.4) is 0 Å². The van der Waals surface area contributed by atoms with Crippen molar-refractivity contribution in [1.82, 2.24) is 9.55 Å². The number of ether oxygens (including phenoxy) is 1. The molecule has 0 aliphatic rings. The van der Waals surface area contributed by atoms with E-state index in [1.807, 2.05) is 43.3 Å². The van der Waals surface area contributed by atoms with Gasteiger partial charge in [-0.25, -0.2) is 9.78 Å². The summed E-state index contributed by atoms with van der Waals surface area (Å²) in [5, 5.41) is 0.543. The largest absolute Gasteiger partial charge is 0.467 e. The number of fused-ring (bicyclic) bond motifs is 1. The summed E-state index contributed by atoms with van der Waals surface area (Å²) in [6.45, 7) is 7.89. The predicted molar refractivity (Wildman–Crippen MR) is 125 cm³/mol. The highest BCUT2D eigenvalue weighted by Crippen LogP contribution is 2.37. The fraction of sp³-hybridized carbons (Fsp3) is 0.240. The zero-order valence-corrected chi connectivity index (χ0v) is 19.0. The molecule has 5 nitrogen and oxygen atoms in total. The van der Waals surface area contributed by atoms with Gasteiger partial charge in [-0.2, -0.15) is 0 Å². The van der Waals surface area contributed by atoms with Gasteiger partial charge in [0.1, 0.15) is 10.7 Å². The number of rotatable bonds is 4. The van der Waals surface area contributed by atoms with Crippen molar-refractivity contribution in [2.45, 2.75) is 33.7 Å². The number of methoxy groups -OCH3 is 1. The lowest BCUT2D eigenvalue weighted by atomic mass is 9.99. The standard InChI is InChI=1S/C25H24N2O3S/c1-14-11-12-19(13-15(14)2)20-16(3)31-23-21(20)24(28)27(17(4)26-23)22(25(29)30-5)18-9-7-6-8-10-18/h6-13,22H,1-5H3. The fourth-order valence-corrected chi connectivity index (χ4v) is 5.04. The van der Waals surface area contributed by atoms with Crippen LogP contribution in [0.2, 0.25) is 0 Å². The van der Waals surface area contributed by atoms with Crippen molar-refractivity contribution in [3.8, 4) is 11.1 Å². The summed E-state index contributed by atoms with van der Waals surface area (Å²) in [5.41, 5.74) is 4.66. The summed E-state index contributed by atoms with van der Waals surface area (Å²) in [4.78, 5) is 33.1. The van der Waals surface area contributed by atoms with Crippen LogP contribution in [0.25, 0.3) is 21.3 Å². The maximum atomic E-state index is 13.9. The Hall–Kier alpha value is -3.25. The average molecular weight is 433 g/mol. The molecule has 0 amide bonds. The molecular weight excluding hydrogens is 408 g/mol. The number of benzene rings is 2. The van der Waals surface area contributed by atoms with Gasteiger partial charge in [-0.15, -0.1) is 11.3 Å². The molecule has 2 heterocycles. The third-order valence-corrected chi connectivity index (χ3v) is 6.70. The monoisotopic (exact) mass is 432 g/mol. The number of carbonyl (C=O) groups excluding carboxylic acids is 1. The van der Waals surface area contributed by atoms with Gasteiger partial charge in [0.25, 0.3) is 5.56 Å². The van der Waals surface area contributed by atoms with Crippen molar-refractivity contribution >= 4 is 27.5 Å². The van der Waals surface area contributed by atoms with Crippen LogP contribution in [-0.4, -0.2) is 22.6 Å². The molecule has 0 saturated heterocycles. The first kappa shape index (κ1) is 21.0. The molecule has 1 atom stereocenters. The lowest BCUT2D eigenvalue weighted by Crippen LogP contribution is -2.33. The van der Waals surface area contributed by atoms with E-state index in [-0.39, 0.29) is 5.56 Å². The van der Waals surface area contributed by atoms with E-state index in [1.165, 1.54) is 28.6 Å². The van der Waals surface area contributed by atoms with Gasteiger partial charge in [0.15, 0.2) is 6.04 Å². The first-order valence-corrected chi connectivity index (χ1v) is 10.9. The number of hydrogen-bond acceptors (Lipinski definition) is 5. The molecule has 6 heteroatoms. The molecule has 0 N–H and O–H groups in total.